The van der Waals surface area contributed by atoms with Crippen molar-refractivity contribution in [3.63, 3.8) is 0 Å². The quantitative estimate of drug-likeness (QED) is 0.817. The minimum atomic E-state index is -0.208. The Labute approximate surface area is 89.7 Å². The first-order valence-electron chi connectivity index (χ1n) is 5.06. The Morgan fingerprint density at radius 1 is 1.67 bits per heavy atom. The van der Waals surface area contributed by atoms with Crippen LogP contribution in [0.25, 0.3) is 5.70 Å². The lowest BCUT2D eigenvalue weighted by atomic mass is 10.2. The van der Waals surface area contributed by atoms with Crippen molar-refractivity contribution in [2.45, 2.75) is 26.7 Å². The number of aromatic nitrogens is 2. The van der Waals surface area contributed by atoms with E-state index in [0.717, 1.165) is 24.2 Å². The summed E-state index contributed by atoms with van der Waals surface area (Å²) in [5, 5.41) is 2.91. The molecule has 0 saturated heterocycles. The summed E-state index contributed by atoms with van der Waals surface area (Å²) in [5.74, 6) is 0.554. The highest BCUT2D eigenvalue weighted by Gasteiger charge is 2.07. The van der Waals surface area contributed by atoms with Gasteiger partial charge in [0.05, 0.1) is 0 Å². The molecule has 0 amide bonds. The van der Waals surface area contributed by atoms with Crippen LogP contribution < -0.4 is 10.9 Å². The molecular weight excluding hydrogens is 190 g/mol. The smallest absolute Gasteiger partial charge is 0.274 e. The molecule has 0 bridgehead atoms. The highest BCUT2D eigenvalue weighted by molar-refractivity contribution is 5.48. The van der Waals surface area contributed by atoms with Gasteiger partial charge in [-0.1, -0.05) is 19.9 Å². The lowest BCUT2D eigenvalue weighted by molar-refractivity contribution is 0.816. The maximum atomic E-state index is 11.3. The third-order valence-corrected chi connectivity index (χ3v) is 2.12. The van der Waals surface area contributed by atoms with E-state index in [0.29, 0.717) is 5.95 Å². The minimum Gasteiger partial charge on any atom is -0.358 e. The number of rotatable bonds is 4. The molecule has 0 aliphatic carbocycles. The average Bonchev–Trinajstić information content (AvgIpc) is 2.16. The van der Waals surface area contributed by atoms with Crippen molar-refractivity contribution in [2.75, 3.05) is 12.4 Å². The number of nitrogens with zero attached hydrogens (tertiary/aromatic N) is 2. The first-order valence-corrected chi connectivity index (χ1v) is 5.06. The first-order chi connectivity index (χ1) is 7.10. The van der Waals surface area contributed by atoms with Gasteiger partial charge in [-0.25, -0.2) is 0 Å². The molecule has 15 heavy (non-hydrogen) atoms. The van der Waals surface area contributed by atoms with Gasteiger partial charge in [0.25, 0.3) is 5.56 Å². The molecule has 0 saturated carbocycles. The Morgan fingerprint density at radius 3 is 2.80 bits per heavy atom. The van der Waals surface area contributed by atoms with E-state index in [2.05, 4.69) is 23.8 Å². The predicted molar refractivity (Wildman–Crippen MR) is 63.0 cm³/mol. The number of aryl methyl sites for hydroxylation is 1. The second-order valence-electron chi connectivity index (χ2n) is 3.48. The van der Waals surface area contributed by atoms with Crippen molar-refractivity contribution in [3.05, 3.63) is 28.7 Å². The molecule has 0 aromatic carbocycles. The second kappa shape index (κ2) is 4.77. The van der Waals surface area contributed by atoms with Crippen molar-refractivity contribution in [2.24, 2.45) is 0 Å². The SMILES string of the molecule is C=C(C)n1c(CCC)cc(=O)nc1NC. The van der Waals surface area contributed by atoms with Crippen LogP contribution in [0.1, 0.15) is 26.0 Å². The molecule has 0 aliphatic rings. The van der Waals surface area contributed by atoms with Gasteiger partial charge >= 0.3 is 0 Å². The van der Waals surface area contributed by atoms with Gasteiger partial charge in [0.1, 0.15) is 0 Å². The van der Waals surface area contributed by atoms with Crippen LogP contribution in [0.15, 0.2) is 17.4 Å². The van der Waals surface area contributed by atoms with E-state index < -0.39 is 0 Å². The second-order valence-corrected chi connectivity index (χ2v) is 3.48. The molecule has 1 rings (SSSR count). The summed E-state index contributed by atoms with van der Waals surface area (Å²) in [6.45, 7) is 7.86. The Balaban J connectivity index is 3.40. The Hall–Kier alpha value is -1.58. The summed E-state index contributed by atoms with van der Waals surface area (Å²) in [4.78, 5) is 15.2. The summed E-state index contributed by atoms with van der Waals surface area (Å²) in [5.41, 5.74) is 1.60. The summed E-state index contributed by atoms with van der Waals surface area (Å²) >= 11 is 0. The fraction of sp³-hybridized carbons (Fsp3) is 0.455. The molecule has 1 aromatic rings. The molecule has 0 radical (unpaired) electrons. The Bertz CT molecular complexity index is 420. The van der Waals surface area contributed by atoms with E-state index in [1.807, 2.05) is 11.5 Å². The van der Waals surface area contributed by atoms with Crippen molar-refractivity contribution in [1.82, 2.24) is 9.55 Å². The van der Waals surface area contributed by atoms with Gasteiger partial charge in [0, 0.05) is 24.5 Å². The van der Waals surface area contributed by atoms with Crippen LogP contribution >= 0.6 is 0 Å². The molecule has 1 N–H and O–H groups in total. The van der Waals surface area contributed by atoms with Crippen LogP contribution in [0, 0.1) is 0 Å². The minimum absolute atomic E-state index is 0.208. The number of hydrogen-bond acceptors (Lipinski definition) is 3. The van der Waals surface area contributed by atoms with Crippen LogP contribution in [0.3, 0.4) is 0 Å². The molecule has 82 valence electrons. The Kier molecular flexibility index (Phi) is 3.66. The zero-order valence-electron chi connectivity index (χ0n) is 9.50. The molecule has 0 spiro atoms. The fourth-order valence-electron chi connectivity index (χ4n) is 1.56. The van der Waals surface area contributed by atoms with Gasteiger partial charge in [0.15, 0.2) is 0 Å². The third-order valence-electron chi connectivity index (χ3n) is 2.12. The normalized spacial score (nSPS) is 10.1. The van der Waals surface area contributed by atoms with Gasteiger partial charge < -0.3 is 5.32 Å². The van der Waals surface area contributed by atoms with Gasteiger partial charge in [0.2, 0.25) is 5.95 Å². The predicted octanol–water partition coefficient (Wildman–Crippen LogP) is 1.73. The van der Waals surface area contributed by atoms with E-state index >= 15 is 0 Å². The van der Waals surface area contributed by atoms with Crippen molar-refractivity contribution >= 4 is 11.6 Å². The third kappa shape index (κ3) is 2.46. The molecule has 4 nitrogen and oxygen atoms in total. The maximum Gasteiger partial charge on any atom is 0.274 e. The van der Waals surface area contributed by atoms with Crippen LogP contribution in [0.4, 0.5) is 5.95 Å². The molecule has 0 aliphatic heterocycles. The zero-order valence-corrected chi connectivity index (χ0v) is 9.50. The van der Waals surface area contributed by atoms with Crippen LogP contribution in [0.5, 0.6) is 0 Å². The van der Waals surface area contributed by atoms with E-state index in [1.54, 1.807) is 13.1 Å². The summed E-state index contributed by atoms with van der Waals surface area (Å²) in [7, 11) is 1.75. The van der Waals surface area contributed by atoms with E-state index in [4.69, 9.17) is 0 Å². The van der Waals surface area contributed by atoms with Crippen LogP contribution in [0.2, 0.25) is 0 Å². The van der Waals surface area contributed by atoms with E-state index in [9.17, 15) is 4.79 Å². The first kappa shape index (κ1) is 11.5. The highest BCUT2D eigenvalue weighted by atomic mass is 16.1. The van der Waals surface area contributed by atoms with Gasteiger partial charge in [-0.15, -0.1) is 0 Å². The Morgan fingerprint density at radius 2 is 2.33 bits per heavy atom. The van der Waals surface area contributed by atoms with Crippen molar-refractivity contribution in [1.29, 1.82) is 0 Å². The lowest BCUT2D eigenvalue weighted by Crippen LogP contribution is -2.18. The number of nitrogens with one attached hydrogen (secondary N) is 1. The van der Waals surface area contributed by atoms with E-state index in [-0.39, 0.29) is 5.56 Å². The van der Waals surface area contributed by atoms with Crippen LogP contribution in [-0.2, 0) is 6.42 Å². The van der Waals surface area contributed by atoms with Crippen molar-refractivity contribution < 1.29 is 0 Å². The molecule has 0 atom stereocenters. The monoisotopic (exact) mass is 207 g/mol. The fourth-order valence-corrected chi connectivity index (χ4v) is 1.56. The largest absolute Gasteiger partial charge is 0.358 e. The highest BCUT2D eigenvalue weighted by Crippen LogP contribution is 2.13. The average molecular weight is 207 g/mol. The summed E-state index contributed by atoms with van der Waals surface area (Å²) in [6, 6.07) is 1.57. The molecule has 0 unspecified atom stereocenters. The lowest BCUT2D eigenvalue weighted by Gasteiger charge is -2.16. The molecule has 1 heterocycles. The topological polar surface area (TPSA) is 46.9 Å². The molecule has 0 fully saturated rings. The number of anilines is 1. The maximum absolute atomic E-state index is 11.3. The van der Waals surface area contributed by atoms with Crippen LogP contribution in [-0.4, -0.2) is 16.6 Å². The van der Waals surface area contributed by atoms with Gasteiger partial charge in [-0.3, -0.25) is 9.36 Å². The summed E-state index contributed by atoms with van der Waals surface area (Å²) in [6.07, 6.45) is 1.83. The molecule has 1 aromatic heterocycles. The van der Waals surface area contributed by atoms with Gasteiger partial charge in [-0.2, -0.15) is 4.98 Å². The van der Waals surface area contributed by atoms with Gasteiger partial charge in [-0.05, 0) is 13.3 Å². The van der Waals surface area contributed by atoms with Crippen molar-refractivity contribution in [3.8, 4) is 0 Å². The standard InChI is InChI=1S/C11H17N3O/c1-5-6-9-7-10(15)13-11(12-4)14(9)8(2)3/h7H,2,5-6H2,1,3-4H3,(H,12,13,15). The summed E-state index contributed by atoms with van der Waals surface area (Å²) < 4.78 is 1.88. The number of hydrogen-bond donors (Lipinski definition) is 1. The molecular formula is C11H17N3O. The molecule has 4 heteroatoms. The van der Waals surface area contributed by atoms with E-state index in [1.165, 1.54) is 0 Å². The number of allylic oxidation sites excluding steroid dienone is 1. The zero-order chi connectivity index (χ0) is 11.4.